The molecule has 0 spiro atoms. The number of carbonyl (C=O) groups excluding carboxylic acids is 1. The van der Waals surface area contributed by atoms with Crippen molar-refractivity contribution in [3.63, 3.8) is 0 Å². The second-order valence-corrected chi connectivity index (χ2v) is 8.88. The fourth-order valence-corrected chi connectivity index (χ4v) is 2.11. The summed E-state index contributed by atoms with van der Waals surface area (Å²) in [6.07, 6.45) is 0.117. The van der Waals surface area contributed by atoms with Gasteiger partial charge in [0.25, 0.3) is 0 Å². The molecule has 0 aromatic heterocycles. The van der Waals surface area contributed by atoms with Crippen LogP contribution in [0.4, 0.5) is 8.78 Å². The van der Waals surface area contributed by atoms with Gasteiger partial charge in [0.05, 0.1) is 12.7 Å². The molecule has 0 radical (unpaired) electrons. The van der Waals surface area contributed by atoms with Crippen molar-refractivity contribution in [2.45, 2.75) is 19.6 Å². The number of methoxy groups -OCH3 is 1. The molecule has 0 heterocycles. The second-order valence-electron chi connectivity index (χ2n) is 4.45. The number of benzene rings is 1. The molecule has 0 bridgehead atoms. The minimum atomic E-state index is -2.02. The molecular formula is C11H14F2O3Si. The lowest BCUT2D eigenvalue weighted by molar-refractivity contribution is 0.111. The van der Waals surface area contributed by atoms with E-state index in [2.05, 4.69) is 0 Å². The van der Waals surface area contributed by atoms with Gasteiger partial charge >= 0.3 is 0 Å². The van der Waals surface area contributed by atoms with Crippen molar-refractivity contribution in [3.8, 4) is 11.5 Å². The molecule has 6 heteroatoms. The summed E-state index contributed by atoms with van der Waals surface area (Å²) in [5, 5.41) is 0. The summed E-state index contributed by atoms with van der Waals surface area (Å²) < 4.78 is 37.4. The van der Waals surface area contributed by atoms with Gasteiger partial charge in [0.15, 0.2) is 23.6 Å². The van der Waals surface area contributed by atoms with E-state index in [0.29, 0.717) is 0 Å². The minimum Gasteiger partial charge on any atom is -0.542 e. The highest BCUT2D eigenvalue weighted by Gasteiger charge is 2.24. The lowest BCUT2D eigenvalue weighted by Gasteiger charge is -2.21. The van der Waals surface area contributed by atoms with E-state index in [1.807, 2.05) is 19.6 Å². The van der Waals surface area contributed by atoms with Crippen molar-refractivity contribution in [2.24, 2.45) is 0 Å². The third-order valence-electron chi connectivity index (χ3n) is 1.91. The maximum absolute atomic E-state index is 13.7. The Kier molecular flexibility index (Phi) is 3.87. The number of carbonyl (C=O) groups is 1. The smallest absolute Gasteiger partial charge is 0.242 e. The molecule has 94 valence electrons. The van der Waals surface area contributed by atoms with Crippen LogP contribution in [0.25, 0.3) is 0 Å². The molecule has 0 aliphatic heterocycles. The molecule has 0 fully saturated rings. The van der Waals surface area contributed by atoms with Crippen molar-refractivity contribution in [3.05, 3.63) is 23.3 Å². The summed E-state index contributed by atoms with van der Waals surface area (Å²) in [7, 11) is -0.783. The van der Waals surface area contributed by atoms with Gasteiger partial charge in [0.1, 0.15) is 5.82 Å². The van der Waals surface area contributed by atoms with Gasteiger partial charge < -0.3 is 9.16 Å². The van der Waals surface area contributed by atoms with Gasteiger partial charge in [-0.25, -0.2) is 8.78 Å². The highest BCUT2D eigenvalue weighted by atomic mass is 28.4. The van der Waals surface area contributed by atoms with E-state index in [9.17, 15) is 13.6 Å². The molecule has 1 aromatic rings. The van der Waals surface area contributed by atoms with Crippen LogP contribution in [0.1, 0.15) is 10.4 Å². The van der Waals surface area contributed by atoms with E-state index >= 15 is 0 Å². The van der Waals surface area contributed by atoms with Crippen molar-refractivity contribution in [1.29, 1.82) is 0 Å². The van der Waals surface area contributed by atoms with Gasteiger partial charge in [-0.1, -0.05) is 0 Å². The number of halogens is 2. The van der Waals surface area contributed by atoms with Crippen LogP contribution < -0.4 is 9.16 Å². The maximum atomic E-state index is 13.7. The Hall–Kier alpha value is -1.43. The molecule has 0 N–H and O–H groups in total. The predicted molar refractivity (Wildman–Crippen MR) is 62.3 cm³/mol. The quantitative estimate of drug-likeness (QED) is 0.616. The summed E-state index contributed by atoms with van der Waals surface area (Å²) in [5.74, 6) is -2.23. The third kappa shape index (κ3) is 3.03. The van der Waals surface area contributed by atoms with Gasteiger partial charge in [0.2, 0.25) is 8.32 Å². The fourth-order valence-electron chi connectivity index (χ4n) is 1.30. The highest BCUT2D eigenvalue weighted by molar-refractivity contribution is 6.70. The van der Waals surface area contributed by atoms with Crippen LogP contribution in [0.5, 0.6) is 11.5 Å². The molecule has 0 atom stereocenters. The number of rotatable bonds is 4. The Morgan fingerprint density at radius 2 is 1.88 bits per heavy atom. The Morgan fingerprint density at radius 1 is 1.29 bits per heavy atom. The Bertz CT molecular complexity index is 441. The molecule has 0 aliphatic carbocycles. The first kappa shape index (κ1) is 13.6. The van der Waals surface area contributed by atoms with Gasteiger partial charge in [-0.15, -0.1) is 0 Å². The van der Waals surface area contributed by atoms with E-state index in [4.69, 9.17) is 9.16 Å². The fraction of sp³-hybridized carbons (Fsp3) is 0.364. The molecule has 3 nitrogen and oxygen atoms in total. The first-order chi connectivity index (χ1) is 7.80. The normalized spacial score (nSPS) is 11.2. The maximum Gasteiger partial charge on any atom is 0.242 e. The lowest BCUT2D eigenvalue weighted by Crippen LogP contribution is -2.29. The predicted octanol–water partition coefficient (Wildman–Crippen LogP) is 3.00. The zero-order chi connectivity index (χ0) is 13.2. The van der Waals surface area contributed by atoms with E-state index in [1.54, 1.807) is 0 Å². The zero-order valence-corrected chi connectivity index (χ0v) is 11.1. The Balaban J connectivity index is 3.36. The van der Waals surface area contributed by atoms with E-state index < -0.39 is 25.5 Å². The van der Waals surface area contributed by atoms with Gasteiger partial charge in [-0.05, 0) is 19.6 Å². The standard InChI is InChI=1S/C11H14F2O3Si/c1-15-11-9(16-17(2,3)4)5-8(12)7(6-14)10(11)13/h5-6H,1-4H3. The monoisotopic (exact) mass is 260 g/mol. The zero-order valence-electron chi connectivity index (χ0n) is 10.1. The first-order valence-corrected chi connectivity index (χ1v) is 8.41. The van der Waals surface area contributed by atoms with Crippen LogP contribution in [0.2, 0.25) is 19.6 Å². The molecule has 17 heavy (non-hydrogen) atoms. The van der Waals surface area contributed by atoms with E-state index in [-0.39, 0.29) is 17.8 Å². The molecular weight excluding hydrogens is 246 g/mol. The molecule has 1 rings (SSSR count). The lowest BCUT2D eigenvalue weighted by atomic mass is 10.2. The third-order valence-corrected chi connectivity index (χ3v) is 2.75. The molecule has 0 amide bonds. The van der Waals surface area contributed by atoms with Crippen molar-refractivity contribution >= 4 is 14.6 Å². The highest BCUT2D eigenvalue weighted by Crippen LogP contribution is 2.35. The summed E-state index contributed by atoms with van der Waals surface area (Å²) in [4.78, 5) is 10.5. The van der Waals surface area contributed by atoms with Gasteiger partial charge in [0, 0.05) is 6.07 Å². The van der Waals surface area contributed by atoms with Crippen LogP contribution in [0.15, 0.2) is 6.07 Å². The summed E-state index contributed by atoms with van der Waals surface area (Å²) in [6, 6.07) is 0.976. The number of ether oxygens (including phenoxy) is 1. The van der Waals surface area contributed by atoms with Gasteiger partial charge in [-0.2, -0.15) is 0 Å². The average molecular weight is 260 g/mol. The molecule has 0 saturated heterocycles. The summed E-state index contributed by atoms with van der Waals surface area (Å²) in [6.45, 7) is 5.61. The SMILES string of the molecule is COc1c(O[Si](C)(C)C)cc(F)c(C=O)c1F. The van der Waals surface area contributed by atoms with Crippen LogP contribution in [-0.2, 0) is 0 Å². The summed E-state index contributed by atoms with van der Waals surface area (Å²) in [5.41, 5.74) is -0.648. The van der Waals surface area contributed by atoms with Crippen LogP contribution >= 0.6 is 0 Å². The van der Waals surface area contributed by atoms with Crippen LogP contribution in [-0.4, -0.2) is 21.7 Å². The van der Waals surface area contributed by atoms with E-state index in [1.165, 1.54) is 7.11 Å². The van der Waals surface area contributed by atoms with Crippen LogP contribution in [0, 0.1) is 11.6 Å². The largest absolute Gasteiger partial charge is 0.542 e. The topological polar surface area (TPSA) is 35.5 Å². The van der Waals surface area contributed by atoms with Crippen LogP contribution in [0.3, 0.4) is 0 Å². The Labute approximate surface area is 99.5 Å². The number of hydrogen-bond acceptors (Lipinski definition) is 3. The Morgan fingerprint density at radius 3 is 2.29 bits per heavy atom. The van der Waals surface area contributed by atoms with Crippen molar-refractivity contribution in [1.82, 2.24) is 0 Å². The summed E-state index contributed by atoms with van der Waals surface area (Å²) >= 11 is 0. The first-order valence-electron chi connectivity index (χ1n) is 5.00. The average Bonchev–Trinajstić information content (AvgIpc) is 2.15. The molecule has 0 saturated carbocycles. The van der Waals surface area contributed by atoms with E-state index in [0.717, 1.165) is 6.07 Å². The molecule has 1 aromatic carbocycles. The molecule has 0 aliphatic rings. The van der Waals surface area contributed by atoms with Crippen molar-refractivity contribution < 1.29 is 22.7 Å². The van der Waals surface area contributed by atoms with Gasteiger partial charge in [-0.3, -0.25) is 4.79 Å². The van der Waals surface area contributed by atoms with Crippen molar-refractivity contribution in [2.75, 3.05) is 7.11 Å². The minimum absolute atomic E-state index is 0.00716. The number of hydrogen-bond donors (Lipinski definition) is 0. The molecule has 0 unspecified atom stereocenters. The number of aldehydes is 1. The second kappa shape index (κ2) is 4.83.